The van der Waals surface area contributed by atoms with Crippen LogP contribution in [0.25, 0.3) is 5.70 Å². The van der Waals surface area contributed by atoms with Gasteiger partial charge in [0.15, 0.2) is 0 Å². The lowest BCUT2D eigenvalue weighted by atomic mass is 9.90. The number of anilines is 1. The lowest BCUT2D eigenvalue weighted by Crippen LogP contribution is -2.29. The number of rotatable bonds is 6. The number of fused-ring (bicyclic) bond motifs is 1. The quantitative estimate of drug-likeness (QED) is 0.632. The Morgan fingerprint density at radius 3 is 2.41 bits per heavy atom. The van der Waals surface area contributed by atoms with Crippen LogP contribution in [-0.2, 0) is 0 Å². The second-order valence-electron chi connectivity index (χ2n) is 6.63. The Balaban J connectivity index is 2.21. The fourth-order valence-corrected chi connectivity index (χ4v) is 3.36. The number of benzene rings is 2. The average Bonchev–Trinajstić information content (AvgIpc) is 2.71. The van der Waals surface area contributed by atoms with Crippen LogP contribution in [0.3, 0.4) is 0 Å². The number of hydrogen-bond acceptors (Lipinski definition) is 3. The van der Waals surface area contributed by atoms with E-state index in [1.807, 2.05) is 61.5 Å². The predicted molar refractivity (Wildman–Crippen MR) is 116 cm³/mol. The van der Waals surface area contributed by atoms with Crippen molar-refractivity contribution in [1.82, 2.24) is 0 Å². The van der Waals surface area contributed by atoms with Crippen LogP contribution in [0.4, 0.5) is 5.69 Å². The third kappa shape index (κ3) is 3.54. The molecule has 0 amide bonds. The molecule has 1 aliphatic carbocycles. The van der Waals surface area contributed by atoms with Crippen LogP contribution < -0.4 is 4.90 Å². The SMILES string of the molecule is C=CC(C)c1ccccc1N(C/C=C\C)C1=CC(=N)C(=N)c2ccccc21. The number of nitrogens with zero attached hydrogens (tertiary/aromatic N) is 1. The first-order chi connectivity index (χ1) is 13.1. The molecule has 136 valence electrons. The summed E-state index contributed by atoms with van der Waals surface area (Å²) in [6, 6.07) is 16.2. The summed E-state index contributed by atoms with van der Waals surface area (Å²) in [5, 5.41) is 16.6. The molecular formula is C24H25N3. The first-order valence-corrected chi connectivity index (χ1v) is 9.17. The van der Waals surface area contributed by atoms with E-state index in [0.717, 1.165) is 22.5 Å². The minimum absolute atomic E-state index is 0.214. The molecule has 0 heterocycles. The lowest BCUT2D eigenvalue weighted by molar-refractivity contribution is 0.951. The second-order valence-corrected chi connectivity index (χ2v) is 6.63. The molecule has 0 bridgehead atoms. The summed E-state index contributed by atoms with van der Waals surface area (Å²) in [4.78, 5) is 2.23. The third-order valence-corrected chi connectivity index (χ3v) is 4.91. The van der Waals surface area contributed by atoms with Gasteiger partial charge < -0.3 is 4.90 Å². The summed E-state index contributed by atoms with van der Waals surface area (Å²) in [6.45, 7) is 8.80. The molecule has 0 saturated heterocycles. The van der Waals surface area contributed by atoms with Gasteiger partial charge in [-0.2, -0.15) is 0 Å². The Hall–Kier alpha value is -3.20. The minimum Gasteiger partial charge on any atom is -0.337 e. The van der Waals surface area contributed by atoms with Gasteiger partial charge in [0, 0.05) is 29.3 Å². The van der Waals surface area contributed by atoms with Gasteiger partial charge in [-0.3, -0.25) is 10.8 Å². The van der Waals surface area contributed by atoms with Gasteiger partial charge in [-0.05, 0) is 24.6 Å². The van der Waals surface area contributed by atoms with Crippen LogP contribution in [0.2, 0.25) is 0 Å². The Morgan fingerprint density at radius 1 is 1.04 bits per heavy atom. The molecule has 1 unspecified atom stereocenters. The molecule has 0 aliphatic heterocycles. The second kappa shape index (κ2) is 8.00. The van der Waals surface area contributed by atoms with E-state index in [0.29, 0.717) is 6.54 Å². The molecule has 1 atom stereocenters. The number of nitrogens with one attached hydrogen (secondary N) is 2. The highest BCUT2D eigenvalue weighted by Gasteiger charge is 2.25. The van der Waals surface area contributed by atoms with Crippen molar-refractivity contribution in [3.63, 3.8) is 0 Å². The zero-order chi connectivity index (χ0) is 19.4. The summed E-state index contributed by atoms with van der Waals surface area (Å²) >= 11 is 0. The van der Waals surface area contributed by atoms with Crippen LogP contribution in [0, 0.1) is 10.8 Å². The topological polar surface area (TPSA) is 50.9 Å². The van der Waals surface area contributed by atoms with E-state index in [-0.39, 0.29) is 17.3 Å². The first-order valence-electron chi connectivity index (χ1n) is 9.17. The molecule has 2 aromatic rings. The molecule has 1 aliphatic rings. The monoisotopic (exact) mass is 355 g/mol. The summed E-state index contributed by atoms with van der Waals surface area (Å²) in [5.74, 6) is 0.214. The zero-order valence-corrected chi connectivity index (χ0v) is 15.9. The standard InChI is InChI=1S/C24H25N3/c1-4-6-15-27(22-14-10-9-11-18(22)17(3)5-2)23-16-21(25)24(26)20-13-8-7-12-19(20)23/h4-14,16-17,25-26H,2,15H2,1,3H3/b6-4-,25-21?,26-24?. The first kappa shape index (κ1) is 18.6. The highest BCUT2D eigenvalue weighted by molar-refractivity contribution is 6.53. The van der Waals surface area contributed by atoms with Crippen molar-refractivity contribution < 1.29 is 0 Å². The summed E-state index contributed by atoms with van der Waals surface area (Å²) < 4.78 is 0. The van der Waals surface area contributed by atoms with Crippen LogP contribution in [0.15, 0.2) is 79.4 Å². The van der Waals surface area contributed by atoms with Crippen LogP contribution in [0.5, 0.6) is 0 Å². The average molecular weight is 355 g/mol. The van der Waals surface area contributed by atoms with Gasteiger partial charge >= 0.3 is 0 Å². The predicted octanol–water partition coefficient (Wildman–Crippen LogP) is 5.80. The van der Waals surface area contributed by atoms with E-state index >= 15 is 0 Å². The van der Waals surface area contributed by atoms with Crippen molar-refractivity contribution in [3.05, 3.63) is 96.1 Å². The Bertz CT molecular complexity index is 950. The molecule has 3 nitrogen and oxygen atoms in total. The lowest BCUT2D eigenvalue weighted by Gasteiger charge is -2.32. The van der Waals surface area contributed by atoms with Crippen molar-refractivity contribution in [2.45, 2.75) is 19.8 Å². The maximum Gasteiger partial charge on any atom is 0.0869 e. The van der Waals surface area contributed by atoms with Crippen molar-refractivity contribution >= 4 is 22.8 Å². The van der Waals surface area contributed by atoms with E-state index < -0.39 is 0 Å². The highest BCUT2D eigenvalue weighted by atomic mass is 15.1. The third-order valence-electron chi connectivity index (χ3n) is 4.91. The van der Waals surface area contributed by atoms with Gasteiger partial charge in [-0.15, -0.1) is 6.58 Å². The van der Waals surface area contributed by atoms with Crippen molar-refractivity contribution in [3.8, 4) is 0 Å². The largest absolute Gasteiger partial charge is 0.337 e. The van der Waals surface area contributed by atoms with Gasteiger partial charge in [-0.25, -0.2) is 0 Å². The smallest absolute Gasteiger partial charge is 0.0869 e. The van der Waals surface area contributed by atoms with E-state index in [4.69, 9.17) is 10.8 Å². The van der Waals surface area contributed by atoms with E-state index in [2.05, 4.69) is 36.6 Å². The molecule has 0 fully saturated rings. The van der Waals surface area contributed by atoms with Crippen molar-refractivity contribution in [2.75, 3.05) is 11.4 Å². The van der Waals surface area contributed by atoms with Crippen LogP contribution >= 0.6 is 0 Å². The molecule has 27 heavy (non-hydrogen) atoms. The summed E-state index contributed by atoms with van der Waals surface area (Å²) in [6.07, 6.45) is 7.91. The maximum atomic E-state index is 8.30. The maximum absolute atomic E-state index is 8.30. The molecule has 2 N–H and O–H groups in total. The molecular weight excluding hydrogens is 330 g/mol. The molecule has 3 rings (SSSR count). The number of para-hydroxylation sites is 1. The summed E-state index contributed by atoms with van der Waals surface area (Å²) in [5.41, 5.74) is 5.56. The Kier molecular flexibility index (Phi) is 5.51. The van der Waals surface area contributed by atoms with Gasteiger partial charge in [0.1, 0.15) is 0 Å². The van der Waals surface area contributed by atoms with E-state index in [1.54, 1.807) is 0 Å². The van der Waals surface area contributed by atoms with Crippen LogP contribution in [-0.4, -0.2) is 18.0 Å². The fourth-order valence-electron chi connectivity index (χ4n) is 3.36. The molecule has 0 spiro atoms. The van der Waals surface area contributed by atoms with Gasteiger partial charge in [0.25, 0.3) is 0 Å². The van der Waals surface area contributed by atoms with Crippen molar-refractivity contribution in [1.29, 1.82) is 10.8 Å². The normalized spacial score (nSPS) is 14.7. The minimum atomic E-state index is 0.214. The van der Waals surface area contributed by atoms with Gasteiger partial charge in [0.2, 0.25) is 0 Å². The Labute approximate surface area is 161 Å². The molecule has 0 saturated carbocycles. The number of allylic oxidation sites excluding steroid dienone is 3. The summed E-state index contributed by atoms with van der Waals surface area (Å²) in [7, 11) is 0. The van der Waals surface area contributed by atoms with E-state index in [9.17, 15) is 0 Å². The highest BCUT2D eigenvalue weighted by Crippen LogP contribution is 2.36. The molecule has 3 heteroatoms. The molecule has 2 aromatic carbocycles. The molecule has 0 aromatic heterocycles. The van der Waals surface area contributed by atoms with Gasteiger partial charge in [-0.1, -0.05) is 67.6 Å². The fraction of sp³-hybridized carbons (Fsp3) is 0.167. The zero-order valence-electron chi connectivity index (χ0n) is 15.9. The van der Waals surface area contributed by atoms with Gasteiger partial charge in [0.05, 0.1) is 17.1 Å². The van der Waals surface area contributed by atoms with E-state index in [1.165, 1.54) is 5.56 Å². The van der Waals surface area contributed by atoms with Crippen LogP contribution in [0.1, 0.15) is 36.5 Å². The molecule has 0 radical (unpaired) electrons. The van der Waals surface area contributed by atoms with Crippen molar-refractivity contribution in [2.24, 2.45) is 0 Å². The number of hydrogen-bond donors (Lipinski definition) is 2. The Morgan fingerprint density at radius 2 is 1.70 bits per heavy atom.